The number of nitrogens with two attached hydrogens (primary N) is 1. The molecule has 0 aliphatic carbocycles. The molecule has 0 radical (unpaired) electrons. The van der Waals surface area contributed by atoms with Crippen LogP contribution in [0.1, 0.15) is 16.3 Å². The fraction of sp³-hybridized carbons (Fsp3) is 0.172. The number of hydrogen-bond acceptors (Lipinski definition) is 10. The molecule has 0 aliphatic rings. The summed E-state index contributed by atoms with van der Waals surface area (Å²) in [6, 6.07) is 21.7. The van der Waals surface area contributed by atoms with Gasteiger partial charge in [-0.2, -0.15) is 0 Å². The van der Waals surface area contributed by atoms with Crippen LogP contribution in [-0.2, 0) is 23.1 Å². The topological polar surface area (TPSA) is 142 Å². The smallest absolute Gasteiger partial charge is 0.250 e. The monoisotopic (exact) mass is 590 g/mol. The molecule has 0 unspecified atom stereocenters. The number of sulfonamides is 1. The SMILES string of the molecule is COc1cc(CN)nc(-c2ccccn2)c1.COc1cc(CNS(=O)(=O)c2ccc(C)s2)nc(-c2ccccn2)c1. The molecule has 0 fully saturated rings. The van der Waals surface area contributed by atoms with E-state index in [1.165, 1.54) is 11.3 Å². The minimum Gasteiger partial charge on any atom is -0.497 e. The molecule has 0 spiro atoms. The van der Waals surface area contributed by atoms with Crippen LogP contribution in [0, 0.1) is 6.92 Å². The van der Waals surface area contributed by atoms with Crippen molar-refractivity contribution in [1.82, 2.24) is 24.7 Å². The average Bonchev–Trinajstić information content (AvgIpc) is 3.48. The molecule has 5 aromatic rings. The molecular weight excluding hydrogens is 560 g/mol. The minimum absolute atomic E-state index is 0.0658. The average molecular weight is 591 g/mol. The van der Waals surface area contributed by atoms with Crippen LogP contribution in [0.15, 0.2) is 89.4 Å². The van der Waals surface area contributed by atoms with Gasteiger partial charge in [-0.25, -0.2) is 23.1 Å². The highest BCUT2D eigenvalue weighted by Crippen LogP contribution is 2.24. The van der Waals surface area contributed by atoms with Crippen molar-refractivity contribution in [3.05, 3.63) is 101 Å². The molecular formula is C29H30N6O4S2. The normalized spacial score (nSPS) is 10.9. The Morgan fingerprint density at radius 1 is 0.780 bits per heavy atom. The van der Waals surface area contributed by atoms with Crippen LogP contribution in [-0.4, -0.2) is 42.6 Å². The highest BCUT2D eigenvalue weighted by molar-refractivity contribution is 7.91. The first-order valence-corrected chi connectivity index (χ1v) is 14.8. The van der Waals surface area contributed by atoms with Crippen molar-refractivity contribution in [1.29, 1.82) is 0 Å². The summed E-state index contributed by atoms with van der Waals surface area (Å²) in [7, 11) is -0.384. The fourth-order valence-electron chi connectivity index (χ4n) is 3.64. The second-order valence-corrected chi connectivity index (χ2v) is 11.9. The maximum absolute atomic E-state index is 12.4. The van der Waals surface area contributed by atoms with Gasteiger partial charge >= 0.3 is 0 Å². The molecule has 0 saturated heterocycles. The zero-order chi connectivity index (χ0) is 29.2. The Balaban J connectivity index is 0.000000208. The molecule has 5 aromatic heterocycles. The lowest BCUT2D eigenvalue weighted by Gasteiger charge is -2.09. The van der Waals surface area contributed by atoms with Crippen molar-refractivity contribution < 1.29 is 17.9 Å². The van der Waals surface area contributed by atoms with Gasteiger partial charge in [-0.3, -0.25) is 9.97 Å². The molecule has 3 N–H and O–H groups in total. The fourth-order valence-corrected chi connectivity index (χ4v) is 5.97. The van der Waals surface area contributed by atoms with Crippen molar-refractivity contribution in [3.63, 3.8) is 0 Å². The van der Waals surface area contributed by atoms with Gasteiger partial charge in [0.05, 0.1) is 54.9 Å². The zero-order valence-electron chi connectivity index (χ0n) is 22.8. The van der Waals surface area contributed by atoms with Crippen molar-refractivity contribution >= 4 is 21.4 Å². The van der Waals surface area contributed by atoms with E-state index >= 15 is 0 Å². The summed E-state index contributed by atoms with van der Waals surface area (Å²) in [6.07, 6.45) is 3.41. The van der Waals surface area contributed by atoms with E-state index < -0.39 is 10.0 Å². The summed E-state index contributed by atoms with van der Waals surface area (Å²) >= 11 is 1.23. The number of ether oxygens (including phenoxy) is 2. The number of rotatable bonds is 9. The van der Waals surface area contributed by atoms with Gasteiger partial charge in [-0.1, -0.05) is 12.1 Å². The third-order valence-corrected chi connectivity index (χ3v) is 8.56. The van der Waals surface area contributed by atoms with Crippen molar-refractivity contribution in [2.45, 2.75) is 24.2 Å². The van der Waals surface area contributed by atoms with Gasteiger partial charge in [0.25, 0.3) is 0 Å². The van der Waals surface area contributed by atoms with Crippen LogP contribution in [0.2, 0.25) is 0 Å². The number of nitrogens with one attached hydrogen (secondary N) is 1. The summed E-state index contributed by atoms with van der Waals surface area (Å²) in [5.74, 6) is 1.34. The molecule has 12 heteroatoms. The lowest BCUT2D eigenvalue weighted by molar-refractivity contribution is 0.413. The zero-order valence-corrected chi connectivity index (χ0v) is 24.4. The van der Waals surface area contributed by atoms with Crippen LogP contribution < -0.4 is 19.9 Å². The lowest BCUT2D eigenvalue weighted by atomic mass is 10.2. The van der Waals surface area contributed by atoms with Gasteiger partial charge in [0.2, 0.25) is 10.0 Å². The first kappa shape index (κ1) is 29.7. The highest BCUT2D eigenvalue weighted by Gasteiger charge is 2.17. The van der Waals surface area contributed by atoms with E-state index in [0.717, 1.165) is 27.7 Å². The molecule has 0 bridgehead atoms. The van der Waals surface area contributed by atoms with E-state index in [1.54, 1.807) is 50.9 Å². The third-order valence-electron chi connectivity index (χ3n) is 5.66. The van der Waals surface area contributed by atoms with Crippen molar-refractivity contribution in [2.24, 2.45) is 5.73 Å². The Labute approximate surface area is 243 Å². The molecule has 0 aromatic carbocycles. The van der Waals surface area contributed by atoms with E-state index in [2.05, 4.69) is 24.7 Å². The summed E-state index contributed by atoms with van der Waals surface area (Å²) in [4.78, 5) is 18.3. The quantitative estimate of drug-likeness (QED) is 0.252. The maximum atomic E-state index is 12.4. The Morgan fingerprint density at radius 3 is 1.80 bits per heavy atom. The Bertz CT molecular complexity index is 1660. The van der Waals surface area contributed by atoms with E-state index in [-0.39, 0.29) is 10.8 Å². The molecule has 10 nitrogen and oxygen atoms in total. The number of nitrogens with zero attached hydrogens (tertiary/aromatic N) is 4. The molecule has 41 heavy (non-hydrogen) atoms. The van der Waals surface area contributed by atoms with Crippen LogP contribution >= 0.6 is 11.3 Å². The van der Waals surface area contributed by atoms with Crippen LogP contribution in [0.3, 0.4) is 0 Å². The standard InChI is InChI=1S/C17H17N3O3S2.C12H13N3O/c1-12-6-7-17(24-12)25(21,22)19-11-13-9-14(23-2)10-16(20-13)15-5-3-4-8-18-15;1-16-10-6-9(8-13)15-12(7-10)11-4-2-3-5-14-11/h3-10,19H,11H2,1-2H3;2-7H,8,13H2,1H3. The largest absolute Gasteiger partial charge is 0.497 e. The lowest BCUT2D eigenvalue weighted by Crippen LogP contribution is -2.23. The van der Waals surface area contributed by atoms with E-state index in [4.69, 9.17) is 15.2 Å². The number of thiophene rings is 1. The van der Waals surface area contributed by atoms with Gasteiger partial charge < -0.3 is 15.2 Å². The number of pyridine rings is 4. The predicted molar refractivity (Wildman–Crippen MR) is 159 cm³/mol. The number of aryl methyl sites for hydroxylation is 1. The Hall–Kier alpha value is -4.23. The van der Waals surface area contributed by atoms with Gasteiger partial charge in [-0.15, -0.1) is 11.3 Å². The van der Waals surface area contributed by atoms with Crippen LogP contribution in [0.4, 0.5) is 0 Å². The highest BCUT2D eigenvalue weighted by atomic mass is 32.2. The molecule has 0 saturated carbocycles. The molecule has 212 valence electrons. The second kappa shape index (κ2) is 13.9. The summed E-state index contributed by atoms with van der Waals surface area (Å²) in [5.41, 5.74) is 9.84. The van der Waals surface area contributed by atoms with Gasteiger partial charge in [0.1, 0.15) is 15.7 Å². The molecule has 0 amide bonds. The first-order chi connectivity index (χ1) is 19.8. The number of hydrogen-bond donors (Lipinski definition) is 2. The van der Waals surface area contributed by atoms with E-state index in [9.17, 15) is 8.42 Å². The van der Waals surface area contributed by atoms with E-state index in [0.29, 0.717) is 29.4 Å². The molecule has 5 rings (SSSR count). The van der Waals surface area contributed by atoms with Gasteiger partial charge in [0, 0.05) is 48.1 Å². The van der Waals surface area contributed by atoms with Crippen molar-refractivity contribution in [3.8, 4) is 34.3 Å². The number of methoxy groups -OCH3 is 2. The summed E-state index contributed by atoms with van der Waals surface area (Å²) < 4.78 is 38.1. The Morgan fingerprint density at radius 2 is 1.34 bits per heavy atom. The van der Waals surface area contributed by atoms with Crippen molar-refractivity contribution in [2.75, 3.05) is 14.2 Å². The number of aromatic nitrogens is 4. The first-order valence-electron chi connectivity index (χ1n) is 12.5. The second-order valence-electron chi connectivity index (χ2n) is 8.59. The summed E-state index contributed by atoms with van der Waals surface area (Å²) in [6.45, 7) is 2.32. The van der Waals surface area contributed by atoms with E-state index in [1.807, 2.05) is 55.5 Å². The summed E-state index contributed by atoms with van der Waals surface area (Å²) in [5, 5.41) is 0. The Kier molecular flexibility index (Phi) is 10.1. The van der Waals surface area contributed by atoms with Gasteiger partial charge in [-0.05, 0) is 43.3 Å². The minimum atomic E-state index is -3.56. The third kappa shape index (κ3) is 8.14. The van der Waals surface area contributed by atoms with Gasteiger partial charge in [0.15, 0.2) is 0 Å². The maximum Gasteiger partial charge on any atom is 0.250 e. The van der Waals surface area contributed by atoms with Crippen LogP contribution in [0.5, 0.6) is 11.5 Å². The molecule has 5 heterocycles. The van der Waals surface area contributed by atoms with Crippen LogP contribution in [0.25, 0.3) is 22.8 Å². The predicted octanol–water partition coefficient (Wildman–Crippen LogP) is 4.61. The molecule has 0 atom stereocenters. The molecule has 0 aliphatic heterocycles.